The third-order valence-corrected chi connectivity index (χ3v) is 6.59. The summed E-state index contributed by atoms with van der Waals surface area (Å²) in [6, 6.07) is 22.8. The Balaban J connectivity index is 1.43. The predicted molar refractivity (Wildman–Crippen MR) is 135 cm³/mol. The van der Waals surface area contributed by atoms with Gasteiger partial charge >= 0.3 is 5.97 Å². The van der Waals surface area contributed by atoms with E-state index in [-0.39, 0.29) is 11.9 Å². The molecule has 1 fully saturated rings. The average molecular weight is 455 g/mol. The van der Waals surface area contributed by atoms with Gasteiger partial charge < -0.3 is 14.9 Å². The molecule has 4 aromatic rings. The van der Waals surface area contributed by atoms with Gasteiger partial charge in [0.05, 0.1) is 23.9 Å². The zero-order chi connectivity index (χ0) is 23.5. The van der Waals surface area contributed by atoms with Crippen LogP contribution in [0.15, 0.2) is 72.9 Å². The summed E-state index contributed by atoms with van der Waals surface area (Å²) in [6.07, 6.45) is 3.59. The number of carbonyl (C=O) groups excluding carboxylic acids is 1. The van der Waals surface area contributed by atoms with Crippen LogP contribution in [0, 0.1) is 5.92 Å². The molecule has 0 spiro atoms. The summed E-state index contributed by atoms with van der Waals surface area (Å²) in [4.78, 5) is 19.5. The summed E-state index contributed by atoms with van der Waals surface area (Å²) < 4.78 is 7.33. The van der Waals surface area contributed by atoms with Crippen LogP contribution in [-0.4, -0.2) is 40.0 Å². The molecule has 5 rings (SSSR count). The van der Waals surface area contributed by atoms with Crippen molar-refractivity contribution in [3.8, 4) is 22.4 Å². The summed E-state index contributed by atoms with van der Waals surface area (Å²) in [7, 11) is 0. The Morgan fingerprint density at radius 3 is 2.35 bits per heavy atom. The Labute approximate surface area is 200 Å². The zero-order valence-corrected chi connectivity index (χ0v) is 19.5. The van der Waals surface area contributed by atoms with Gasteiger partial charge in [-0.05, 0) is 56.1 Å². The van der Waals surface area contributed by atoms with Gasteiger partial charge in [0.25, 0.3) is 0 Å². The first-order valence-corrected chi connectivity index (χ1v) is 11.9. The number of hydrogen-bond acceptors (Lipinski definition) is 5. The van der Waals surface area contributed by atoms with Crippen LogP contribution >= 0.6 is 0 Å². The SMILES string of the molecule is CCOC(=O)C1CCN(Cc2c(-c3ccc(-c4ccccc4)cc3)nc3ccc(N)cn23)CC1. The number of benzene rings is 2. The van der Waals surface area contributed by atoms with Crippen molar-refractivity contribution in [3.63, 3.8) is 0 Å². The van der Waals surface area contributed by atoms with E-state index in [2.05, 4.69) is 57.8 Å². The summed E-state index contributed by atoms with van der Waals surface area (Å²) in [6.45, 7) is 4.75. The molecule has 0 unspecified atom stereocenters. The summed E-state index contributed by atoms with van der Waals surface area (Å²) in [5, 5.41) is 0. The lowest BCUT2D eigenvalue weighted by molar-refractivity contribution is -0.149. The van der Waals surface area contributed by atoms with Crippen LogP contribution in [0.2, 0.25) is 0 Å². The minimum atomic E-state index is -0.0658. The van der Waals surface area contributed by atoms with Gasteiger partial charge in [-0.2, -0.15) is 0 Å². The van der Waals surface area contributed by atoms with E-state index in [1.165, 1.54) is 11.1 Å². The number of fused-ring (bicyclic) bond motifs is 1. The van der Waals surface area contributed by atoms with E-state index >= 15 is 0 Å². The summed E-state index contributed by atoms with van der Waals surface area (Å²) >= 11 is 0. The Bertz CT molecular complexity index is 1270. The smallest absolute Gasteiger partial charge is 0.309 e. The summed E-state index contributed by atoms with van der Waals surface area (Å²) in [5.41, 5.74) is 13.3. The number of imidazole rings is 1. The van der Waals surface area contributed by atoms with E-state index in [9.17, 15) is 4.79 Å². The molecule has 0 saturated carbocycles. The fraction of sp³-hybridized carbons (Fsp3) is 0.286. The van der Waals surface area contributed by atoms with Crippen molar-refractivity contribution in [1.29, 1.82) is 0 Å². The molecule has 3 heterocycles. The number of ether oxygens (including phenoxy) is 1. The van der Waals surface area contributed by atoms with Gasteiger partial charge in [0.1, 0.15) is 5.65 Å². The molecule has 2 aromatic carbocycles. The second-order valence-corrected chi connectivity index (χ2v) is 8.84. The normalized spacial score (nSPS) is 15.0. The number of aromatic nitrogens is 2. The minimum Gasteiger partial charge on any atom is -0.466 e. The number of pyridine rings is 1. The zero-order valence-electron chi connectivity index (χ0n) is 19.5. The van der Waals surface area contributed by atoms with Gasteiger partial charge in [-0.15, -0.1) is 0 Å². The quantitative estimate of drug-likeness (QED) is 0.414. The molecule has 0 radical (unpaired) electrons. The molecule has 6 nitrogen and oxygen atoms in total. The van der Waals surface area contributed by atoms with Crippen LogP contribution in [0.25, 0.3) is 28.0 Å². The van der Waals surface area contributed by atoms with Gasteiger partial charge in [0, 0.05) is 24.0 Å². The van der Waals surface area contributed by atoms with E-state index in [0.717, 1.165) is 55.1 Å². The highest BCUT2D eigenvalue weighted by atomic mass is 16.5. The van der Waals surface area contributed by atoms with Crippen LogP contribution in [0.4, 0.5) is 5.69 Å². The maximum atomic E-state index is 12.1. The number of nitrogens with two attached hydrogens (primary N) is 1. The standard InChI is InChI=1S/C28H30N4O2/c1-2-34-28(33)23-14-16-31(17-15-23)19-25-27(30-26-13-12-24(29)18-32(25)26)22-10-8-21(9-11-22)20-6-4-3-5-7-20/h3-13,18,23H,2,14-17,19,29H2,1H3. The first kappa shape index (κ1) is 22.2. The largest absolute Gasteiger partial charge is 0.466 e. The van der Waals surface area contributed by atoms with Gasteiger partial charge in [-0.1, -0.05) is 54.6 Å². The lowest BCUT2D eigenvalue weighted by Gasteiger charge is -2.30. The first-order chi connectivity index (χ1) is 16.6. The fourth-order valence-corrected chi connectivity index (χ4v) is 4.74. The van der Waals surface area contributed by atoms with Crippen LogP contribution in [0.1, 0.15) is 25.5 Å². The third kappa shape index (κ3) is 4.54. The van der Waals surface area contributed by atoms with E-state index in [1.807, 2.05) is 31.3 Å². The predicted octanol–water partition coefficient (Wildman–Crippen LogP) is 5.03. The van der Waals surface area contributed by atoms with Crippen LogP contribution in [0.5, 0.6) is 0 Å². The molecular formula is C28H30N4O2. The molecule has 0 amide bonds. The number of nitrogens with zero attached hydrogens (tertiary/aromatic N) is 3. The highest BCUT2D eigenvalue weighted by Gasteiger charge is 2.27. The Hall–Kier alpha value is -3.64. The number of anilines is 1. The van der Waals surface area contributed by atoms with Crippen molar-refractivity contribution in [1.82, 2.24) is 14.3 Å². The second kappa shape index (κ2) is 9.69. The van der Waals surface area contributed by atoms with E-state index in [0.29, 0.717) is 12.3 Å². The van der Waals surface area contributed by atoms with Gasteiger partial charge in [0.2, 0.25) is 0 Å². The van der Waals surface area contributed by atoms with Crippen molar-refractivity contribution >= 4 is 17.3 Å². The highest BCUT2D eigenvalue weighted by molar-refractivity contribution is 5.73. The lowest BCUT2D eigenvalue weighted by Crippen LogP contribution is -2.36. The number of esters is 1. The molecular weight excluding hydrogens is 424 g/mol. The van der Waals surface area contributed by atoms with Gasteiger partial charge in [0.15, 0.2) is 0 Å². The number of nitrogen functional groups attached to an aromatic ring is 1. The second-order valence-electron chi connectivity index (χ2n) is 8.84. The highest BCUT2D eigenvalue weighted by Crippen LogP contribution is 2.30. The Kier molecular flexibility index (Phi) is 6.32. The van der Waals surface area contributed by atoms with Crippen molar-refractivity contribution in [2.24, 2.45) is 5.92 Å². The molecule has 1 aliphatic rings. The maximum absolute atomic E-state index is 12.1. The van der Waals surface area contributed by atoms with E-state index in [4.69, 9.17) is 15.5 Å². The minimum absolute atomic E-state index is 0.000898. The maximum Gasteiger partial charge on any atom is 0.309 e. The van der Waals surface area contributed by atoms with Crippen molar-refractivity contribution < 1.29 is 9.53 Å². The number of rotatable bonds is 6. The number of hydrogen-bond donors (Lipinski definition) is 1. The fourth-order valence-electron chi connectivity index (χ4n) is 4.74. The molecule has 1 aliphatic heterocycles. The molecule has 174 valence electrons. The number of likely N-dealkylation sites (tertiary alicyclic amines) is 1. The topological polar surface area (TPSA) is 72.9 Å². The molecule has 1 saturated heterocycles. The van der Waals surface area contributed by atoms with Gasteiger partial charge in [-0.25, -0.2) is 4.98 Å². The van der Waals surface area contributed by atoms with E-state index < -0.39 is 0 Å². The molecule has 0 bridgehead atoms. The van der Waals surface area contributed by atoms with E-state index in [1.54, 1.807) is 0 Å². The van der Waals surface area contributed by atoms with Crippen LogP contribution < -0.4 is 5.73 Å². The molecule has 0 atom stereocenters. The number of piperidine rings is 1. The number of carbonyl (C=O) groups is 1. The molecule has 34 heavy (non-hydrogen) atoms. The monoisotopic (exact) mass is 454 g/mol. The first-order valence-electron chi connectivity index (χ1n) is 11.9. The summed E-state index contributed by atoms with van der Waals surface area (Å²) in [5.74, 6) is -0.0667. The van der Waals surface area contributed by atoms with Crippen molar-refractivity contribution in [3.05, 3.63) is 78.6 Å². The molecule has 6 heteroatoms. The lowest BCUT2D eigenvalue weighted by atomic mass is 9.96. The average Bonchev–Trinajstić information content (AvgIpc) is 3.22. The Morgan fingerprint density at radius 1 is 0.971 bits per heavy atom. The Morgan fingerprint density at radius 2 is 1.65 bits per heavy atom. The van der Waals surface area contributed by atoms with Gasteiger partial charge in [-0.3, -0.25) is 9.69 Å². The third-order valence-electron chi connectivity index (χ3n) is 6.59. The van der Waals surface area contributed by atoms with Crippen molar-refractivity contribution in [2.75, 3.05) is 25.4 Å². The van der Waals surface area contributed by atoms with Crippen molar-refractivity contribution in [2.45, 2.75) is 26.3 Å². The molecule has 0 aliphatic carbocycles. The van der Waals surface area contributed by atoms with Crippen LogP contribution in [0.3, 0.4) is 0 Å². The molecule has 2 aromatic heterocycles. The molecule has 2 N–H and O–H groups in total. The van der Waals surface area contributed by atoms with Crippen LogP contribution in [-0.2, 0) is 16.1 Å².